The van der Waals surface area contributed by atoms with Crippen molar-refractivity contribution in [2.45, 2.75) is 101 Å². The van der Waals surface area contributed by atoms with Crippen LogP contribution in [0.15, 0.2) is 87.2 Å². The summed E-state index contributed by atoms with van der Waals surface area (Å²) in [5, 5.41) is 13.5. The summed E-state index contributed by atoms with van der Waals surface area (Å²) < 4.78 is 46.2. The summed E-state index contributed by atoms with van der Waals surface area (Å²) in [6.45, 7) is 12.8. The highest BCUT2D eigenvalue weighted by atomic mass is 31.2. The Labute approximate surface area is 392 Å². The van der Waals surface area contributed by atoms with Gasteiger partial charge in [-0.15, -0.1) is 0 Å². The maximum Gasteiger partial charge on any atom is 0.438 e. The summed E-state index contributed by atoms with van der Waals surface area (Å²) in [7, 11) is -0.588. The van der Waals surface area contributed by atoms with E-state index in [1.807, 2.05) is 42.2 Å². The van der Waals surface area contributed by atoms with Crippen LogP contribution in [0.3, 0.4) is 0 Å². The van der Waals surface area contributed by atoms with Gasteiger partial charge < -0.3 is 24.1 Å². The molecule has 1 amide bonds. The van der Waals surface area contributed by atoms with E-state index in [1.54, 1.807) is 52.7 Å². The number of ether oxygens (including phenoxy) is 1. The Morgan fingerprint density at radius 3 is 2.41 bits per heavy atom. The number of fused-ring (bicyclic) bond motifs is 2. The van der Waals surface area contributed by atoms with Crippen molar-refractivity contribution in [1.29, 1.82) is 0 Å². The number of anilines is 1. The maximum absolute atomic E-state index is 15.6. The molecule has 2 aliphatic heterocycles. The van der Waals surface area contributed by atoms with Gasteiger partial charge in [-0.1, -0.05) is 24.2 Å². The molecule has 2 N–H and O–H groups in total. The highest BCUT2D eigenvalue weighted by molar-refractivity contribution is 7.61. The number of amides is 1. The first-order chi connectivity index (χ1) is 32.4. The highest BCUT2D eigenvalue weighted by Crippen LogP contribution is 2.56. The second-order valence-electron chi connectivity index (χ2n) is 20.6. The molecule has 4 aromatic heterocycles. The van der Waals surface area contributed by atoms with Crippen molar-refractivity contribution in [2.75, 3.05) is 38.8 Å². The van der Waals surface area contributed by atoms with Gasteiger partial charge in [0.15, 0.2) is 5.82 Å². The Bertz CT molecular complexity index is 3350. The molecule has 6 heterocycles. The van der Waals surface area contributed by atoms with E-state index in [2.05, 4.69) is 59.0 Å². The van der Waals surface area contributed by atoms with E-state index in [0.29, 0.717) is 72.0 Å². The zero-order valence-corrected chi connectivity index (χ0v) is 40.4. The van der Waals surface area contributed by atoms with Gasteiger partial charge in [0, 0.05) is 67.3 Å². The second-order valence-corrected chi connectivity index (χ2v) is 24.1. The van der Waals surface area contributed by atoms with E-state index in [0.717, 1.165) is 53.5 Å². The minimum absolute atomic E-state index is 0.0177. The Morgan fingerprint density at radius 2 is 1.72 bits per heavy atom. The molecule has 17 heteroatoms. The lowest BCUT2D eigenvalue weighted by Gasteiger charge is -2.35. The number of halogens is 1. The fourth-order valence-corrected chi connectivity index (χ4v) is 12.3. The Morgan fingerprint density at radius 1 is 0.956 bits per heavy atom. The largest absolute Gasteiger partial charge is 0.438 e. The number of rotatable bonds is 11. The molecule has 15 nitrogen and oxygen atoms in total. The molecule has 0 spiro atoms. The lowest BCUT2D eigenvalue weighted by Crippen LogP contribution is -2.41. The van der Waals surface area contributed by atoms with E-state index in [4.69, 9.17) is 14.4 Å². The molecule has 1 saturated heterocycles. The Kier molecular flexibility index (Phi) is 10.4. The van der Waals surface area contributed by atoms with Gasteiger partial charge in [0.2, 0.25) is 0 Å². The molecule has 0 bridgehead atoms. The predicted octanol–water partition coefficient (Wildman–Crippen LogP) is 8.84. The van der Waals surface area contributed by atoms with Crippen LogP contribution in [0.2, 0.25) is 0 Å². The Balaban J connectivity index is 1.04. The number of carbonyl (C=O) groups excluding carboxylic acids is 1. The number of nitrogens with zero attached hydrogens (tertiary/aromatic N) is 7. The third-order valence-corrected chi connectivity index (χ3v) is 16.0. The van der Waals surface area contributed by atoms with E-state index < -0.39 is 24.5 Å². The summed E-state index contributed by atoms with van der Waals surface area (Å²) in [5.41, 5.74) is 5.97. The van der Waals surface area contributed by atoms with Gasteiger partial charge in [-0.05, 0) is 149 Å². The third kappa shape index (κ3) is 7.42. The molecule has 3 aromatic carbocycles. The van der Waals surface area contributed by atoms with Gasteiger partial charge in [-0.25, -0.2) is 18.7 Å². The first-order valence-electron chi connectivity index (χ1n) is 23.7. The van der Waals surface area contributed by atoms with Crippen LogP contribution in [0.1, 0.15) is 122 Å². The molecule has 2 aliphatic carbocycles. The number of nitrogens with one attached hydrogen (secondary N) is 2. The number of benzene rings is 3. The average Bonchev–Trinajstić information content (AvgIpc) is 4.00. The molecule has 0 radical (unpaired) electrons. The van der Waals surface area contributed by atoms with Crippen molar-refractivity contribution >= 4 is 29.6 Å². The van der Waals surface area contributed by atoms with E-state index >= 15 is 9.18 Å². The number of carbonyl (C=O) groups is 1. The first kappa shape index (κ1) is 44.3. The molecule has 7 aromatic rings. The van der Waals surface area contributed by atoms with Gasteiger partial charge >= 0.3 is 11.4 Å². The zero-order valence-electron chi connectivity index (χ0n) is 39.5. The van der Waals surface area contributed by atoms with Gasteiger partial charge in [-0.3, -0.25) is 23.4 Å². The van der Waals surface area contributed by atoms with Crippen LogP contribution in [-0.4, -0.2) is 83.6 Å². The second kappa shape index (κ2) is 15.9. The summed E-state index contributed by atoms with van der Waals surface area (Å²) in [6, 6.07) is 18.4. The molecule has 11 rings (SSSR count). The predicted molar refractivity (Wildman–Crippen MR) is 258 cm³/mol. The molecule has 3 fully saturated rings. The van der Waals surface area contributed by atoms with Crippen LogP contribution in [0.4, 0.5) is 10.1 Å². The smallest absolute Gasteiger partial charge is 0.388 e. The number of hydrogen-bond acceptors (Lipinski definition) is 9. The van der Waals surface area contributed by atoms with E-state index in [1.165, 1.54) is 11.6 Å². The van der Waals surface area contributed by atoms with Crippen molar-refractivity contribution in [2.24, 2.45) is 5.92 Å². The lowest BCUT2D eigenvalue weighted by atomic mass is 9.83. The van der Waals surface area contributed by atoms with Crippen LogP contribution in [0.5, 0.6) is 0 Å². The van der Waals surface area contributed by atoms with Crippen LogP contribution in [0, 0.1) is 11.7 Å². The zero-order chi connectivity index (χ0) is 47.6. The topological polar surface area (TPSA) is 167 Å². The van der Waals surface area contributed by atoms with Crippen molar-refractivity contribution < 1.29 is 23.0 Å². The quantitative estimate of drug-likeness (QED) is 0.121. The molecular weight excluding hydrogens is 885 g/mol. The van der Waals surface area contributed by atoms with E-state index in [9.17, 15) is 14.2 Å². The van der Waals surface area contributed by atoms with Crippen molar-refractivity contribution in [1.82, 2.24) is 38.5 Å². The molecule has 68 heavy (non-hydrogen) atoms. The standard InChI is InChI=1S/C51H57FN9O6P/c1-29-26-51(29,47-54-48(63)67-56-47)60-42-15-11-32(33-17-21-66-50(3,4)27-33)22-35(42)23-43(60)46(62)57-18-16-40-44(30(57)2)45(61(55-40)37-13-14-39(52)38(24-37)31-8-9-31)59-20-19-58(49(59)64)36-12-10-34(28-68(6,7)65)41(25-36)53-5/h10-15,19-20,22-25,29-31,33,53H,8-9,16-18,21,26-28H2,1-7H3,(H,54,56,63)/t29-,30-,33?,51-/m0/s1. The number of hydrogen-bond donors (Lipinski definition) is 2. The van der Waals surface area contributed by atoms with Crippen molar-refractivity contribution in [3.63, 3.8) is 0 Å². The fourth-order valence-electron chi connectivity index (χ4n) is 11.3. The maximum atomic E-state index is 15.6. The van der Waals surface area contributed by atoms with Crippen molar-refractivity contribution in [3.8, 4) is 17.2 Å². The SMILES string of the molecule is CNc1cc(-n2ccn(-c3c4c(nn3-c3ccc(F)c(C5CC5)c3)CCN(C(=O)c3cc5cc(C6CCOC(C)(C)C6)ccc5n3[C@@]3(c5noc(=O)[nH]5)C[C@@H]3C)[C@H]4C)c2=O)ccc1CP(C)(C)=O. The molecular formula is C51H57FN9O6P. The number of aromatic nitrogens is 7. The minimum atomic E-state index is -2.39. The lowest BCUT2D eigenvalue weighted by molar-refractivity contribution is -0.0592. The summed E-state index contributed by atoms with van der Waals surface area (Å²) in [5.74, 6) is 0.100. The Hall–Kier alpha value is -6.25. The third-order valence-electron chi connectivity index (χ3n) is 14.9. The summed E-state index contributed by atoms with van der Waals surface area (Å²) in [6.07, 6.45) is 8.42. The van der Waals surface area contributed by atoms with Crippen molar-refractivity contribution in [3.05, 3.63) is 139 Å². The minimum Gasteiger partial charge on any atom is -0.388 e. The van der Waals surface area contributed by atoms with Crippen LogP contribution >= 0.6 is 7.14 Å². The van der Waals surface area contributed by atoms with Crippen LogP contribution < -0.4 is 16.8 Å². The highest BCUT2D eigenvalue weighted by Gasteiger charge is 2.59. The fraction of sp³-hybridized carbons (Fsp3) is 0.431. The molecule has 354 valence electrons. The molecule has 2 saturated carbocycles. The summed E-state index contributed by atoms with van der Waals surface area (Å²) >= 11 is 0. The normalized spacial score (nSPS) is 22.4. The van der Waals surface area contributed by atoms with Gasteiger partial charge in [0.05, 0.1) is 35.9 Å². The van der Waals surface area contributed by atoms with E-state index in [-0.39, 0.29) is 40.8 Å². The van der Waals surface area contributed by atoms with Gasteiger partial charge in [0.1, 0.15) is 22.9 Å². The van der Waals surface area contributed by atoms with Crippen LogP contribution in [-0.2, 0) is 27.4 Å². The number of aromatic amines is 1. The molecule has 4 aliphatic rings. The average molecular weight is 942 g/mol. The van der Waals surface area contributed by atoms with Crippen LogP contribution in [0.25, 0.3) is 28.1 Å². The monoisotopic (exact) mass is 941 g/mol. The van der Waals surface area contributed by atoms with Gasteiger partial charge in [-0.2, -0.15) is 5.10 Å². The van der Waals surface area contributed by atoms with Gasteiger partial charge in [0.25, 0.3) is 5.91 Å². The number of imidazole rings is 1. The number of H-pyrrole nitrogens is 1. The summed E-state index contributed by atoms with van der Waals surface area (Å²) in [4.78, 5) is 47.6. The molecule has 4 atom stereocenters. The molecule has 1 unspecified atom stereocenters. The first-order valence-corrected chi connectivity index (χ1v) is 26.5.